The van der Waals surface area contributed by atoms with Crippen molar-refractivity contribution in [3.05, 3.63) is 50.6 Å². The van der Waals surface area contributed by atoms with E-state index in [4.69, 9.17) is 11.0 Å². The van der Waals surface area contributed by atoms with Crippen molar-refractivity contribution >= 4 is 33.0 Å². The number of hydrogen-bond donors (Lipinski definition) is 1. The van der Waals surface area contributed by atoms with E-state index >= 15 is 0 Å². The monoisotopic (exact) mass is 349 g/mol. The molecule has 2 rings (SSSR count). The van der Waals surface area contributed by atoms with Crippen molar-refractivity contribution in [2.75, 3.05) is 11.9 Å². The Morgan fingerprint density at radius 2 is 2.10 bits per heavy atom. The molecular formula is C15H16BrN3S. The highest BCUT2D eigenvalue weighted by atomic mass is 79.9. The van der Waals surface area contributed by atoms with Gasteiger partial charge in [-0.3, -0.25) is 0 Å². The molecule has 0 aliphatic rings. The summed E-state index contributed by atoms with van der Waals surface area (Å²) in [4.78, 5) is 3.33. The van der Waals surface area contributed by atoms with Crippen molar-refractivity contribution in [2.24, 2.45) is 5.73 Å². The molecule has 2 atom stereocenters. The fraction of sp³-hybridized carbons (Fsp3) is 0.267. The van der Waals surface area contributed by atoms with Crippen LogP contribution in [0.5, 0.6) is 0 Å². The first-order valence-electron chi connectivity index (χ1n) is 6.26. The number of rotatable bonds is 4. The molecule has 104 valence electrons. The molecule has 2 unspecified atom stereocenters. The molecule has 0 aliphatic heterocycles. The van der Waals surface area contributed by atoms with Crippen molar-refractivity contribution in [3.8, 4) is 6.07 Å². The van der Waals surface area contributed by atoms with Crippen LogP contribution in [-0.4, -0.2) is 13.1 Å². The van der Waals surface area contributed by atoms with Gasteiger partial charge in [0.2, 0.25) is 0 Å². The first kappa shape index (κ1) is 15.0. The third kappa shape index (κ3) is 3.21. The van der Waals surface area contributed by atoms with Crippen LogP contribution in [-0.2, 0) is 0 Å². The number of halogens is 1. The minimum atomic E-state index is -0.0173. The molecule has 0 bridgehead atoms. The van der Waals surface area contributed by atoms with Gasteiger partial charge in [-0.15, -0.1) is 11.3 Å². The second kappa shape index (κ2) is 6.40. The van der Waals surface area contributed by atoms with E-state index in [0.717, 1.165) is 9.47 Å². The predicted molar refractivity (Wildman–Crippen MR) is 88.0 cm³/mol. The number of anilines is 1. The molecule has 1 aromatic heterocycles. The van der Waals surface area contributed by atoms with Gasteiger partial charge in [0.1, 0.15) is 0 Å². The Labute approximate surface area is 131 Å². The van der Waals surface area contributed by atoms with Gasteiger partial charge in [0.25, 0.3) is 0 Å². The van der Waals surface area contributed by atoms with Gasteiger partial charge in [0.05, 0.1) is 21.5 Å². The maximum Gasteiger partial charge on any atom is 0.0992 e. The lowest BCUT2D eigenvalue weighted by Gasteiger charge is -2.32. The zero-order valence-corrected chi connectivity index (χ0v) is 13.8. The average Bonchev–Trinajstić information content (AvgIpc) is 2.84. The number of nitriles is 1. The molecule has 2 N–H and O–H groups in total. The molecule has 2 aromatic rings. The fourth-order valence-electron chi connectivity index (χ4n) is 2.25. The Kier molecular flexibility index (Phi) is 4.81. The van der Waals surface area contributed by atoms with Gasteiger partial charge in [0, 0.05) is 23.7 Å². The predicted octanol–water partition coefficient (Wildman–Crippen LogP) is 3.91. The van der Waals surface area contributed by atoms with E-state index in [2.05, 4.69) is 33.0 Å². The molecule has 0 spiro atoms. The summed E-state index contributed by atoms with van der Waals surface area (Å²) in [6, 6.07) is 14.0. The summed E-state index contributed by atoms with van der Waals surface area (Å²) in [7, 11) is 2.01. The van der Waals surface area contributed by atoms with E-state index in [1.807, 2.05) is 38.2 Å². The Bertz CT molecular complexity index is 630. The number of likely N-dealkylation sites (N-methyl/N-ethyl adjacent to an activating group) is 1. The molecule has 1 heterocycles. The van der Waals surface area contributed by atoms with Crippen molar-refractivity contribution in [1.29, 1.82) is 5.26 Å². The summed E-state index contributed by atoms with van der Waals surface area (Å²) in [5.41, 5.74) is 7.83. The van der Waals surface area contributed by atoms with Crippen LogP contribution in [0.1, 0.15) is 23.4 Å². The van der Waals surface area contributed by atoms with Crippen LogP contribution >= 0.6 is 27.3 Å². The standard InChI is InChI=1S/C15H16BrN3S/c1-10(18)15(13-6-7-14(16)20-13)19(2)12-5-3-4-11(8-12)9-17/h3-8,10,15H,18H2,1-2H3. The molecule has 5 heteroatoms. The van der Waals surface area contributed by atoms with Crippen LogP contribution in [0.2, 0.25) is 0 Å². The normalized spacial score (nSPS) is 13.6. The molecule has 0 fully saturated rings. The van der Waals surface area contributed by atoms with Gasteiger partial charge < -0.3 is 10.6 Å². The van der Waals surface area contributed by atoms with E-state index in [1.54, 1.807) is 17.4 Å². The van der Waals surface area contributed by atoms with Crippen LogP contribution in [0.15, 0.2) is 40.2 Å². The number of nitrogens with zero attached hydrogens (tertiary/aromatic N) is 2. The van der Waals surface area contributed by atoms with Crippen LogP contribution < -0.4 is 10.6 Å². The Morgan fingerprint density at radius 3 is 2.65 bits per heavy atom. The third-order valence-electron chi connectivity index (χ3n) is 3.18. The average molecular weight is 350 g/mol. The van der Waals surface area contributed by atoms with Crippen LogP contribution in [0.25, 0.3) is 0 Å². The molecule has 20 heavy (non-hydrogen) atoms. The van der Waals surface area contributed by atoms with E-state index in [1.165, 1.54) is 4.88 Å². The zero-order valence-electron chi connectivity index (χ0n) is 11.4. The van der Waals surface area contributed by atoms with Crippen LogP contribution in [0.3, 0.4) is 0 Å². The van der Waals surface area contributed by atoms with Crippen molar-refractivity contribution in [2.45, 2.75) is 19.0 Å². The Hall–Kier alpha value is -1.35. The number of hydrogen-bond acceptors (Lipinski definition) is 4. The van der Waals surface area contributed by atoms with Gasteiger partial charge in [-0.1, -0.05) is 6.07 Å². The maximum absolute atomic E-state index is 9.01. The molecule has 3 nitrogen and oxygen atoms in total. The minimum absolute atomic E-state index is 0.0173. The van der Waals surface area contributed by atoms with Crippen molar-refractivity contribution in [1.82, 2.24) is 0 Å². The molecule has 1 aromatic carbocycles. The smallest absolute Gasteiger partial charge is 0.0992 e. The SMILES string of the molecule is CC(N)C(c1ccc(Br)s1)N(C)c1cccc(C#N)c1. The zero-order chi connectivity index (χ0) is 14.7. The van der Waals surface area contributed by atoms with Crippen LogP contribution in [0, 0.1) is 11.3 Å². The molecule has 0 amide bonds. The second-order valence-corrected chi connectivity index (χ2v) is 7.21. The minimum Gasteiger partial charge on any atom is -0.365 e. The summed E-state index contributed by atoms with van der Waals surface area (Å²) < 4.78 is 1.09. The summed E-state index contributed by atoms with van der Waals surface area (Å²) in [6.45, 7) is 2.00. The molecule has 0 saturated heterocycles. The van der Waals surface area contributed by atoms with Gasteiger partial charge >= 0.3 is 0 Å². The summed E-state index contributed by atoms with van der Waals surface area (Å²) >= 11 is 5.18. The molecular weight excluding hydrogens is 334 g/mol. The fourth-order valence-corrected chi connectivity index (χ4v) is 3.93. The first-order chi connectivity index (χ1) is 9.52. The van der Waals surface area contributed by atoms with Crippen molar-refractivity contribution in [3.63, 3.8) is 0 Å². The first-order valence-corrected chi connectivity index (χ1v) is 7.87. The van der Waals surface area contributed by atoms with Crippen molar-refractivity contribution < 1.29 is 0 Å². The van der Waals surface area contributed by atoms with E-state index in [0.29, 0.717) is 5.56 Å². The molecule has 0 aliphatic carbocycles. The summed E-state index contributed by atoms with van der Waals surface area (Å²) in [6.07, 6.45) is 0. The lowest BCUT2D eigenvalue weighted by Crippen LogP contribution is -2.36. The van der Waals surface area contributed by atoms with Gasteiger partial charge in [-0.25, -0.2) is 0 Å². The highest BCUT2D eigenvalue weighted by molar-refractivity contribution is 9.11. The van der Waals surface area contributed by atoms with Gasteiger partial charge in [-0.05, 0) is 53.2 Å². The molecule has 0 saturated carbocycles. The highest BCUT2D eigenvalue weighted by Gasteiger charge is 2.23. The van der Waals surface area contributed by atoms with Gasteiger partial charge in [0.15, 0.2) is 0 Å². The maximum atomic E-state index is 9.01. The Morgan fingerprint density at radius 1 is 1.35 bits per heavy atom. The summed E-state index contributed by atoms with van der Waals surface area (Å²) in [5, 5.41) is 9.01. The number of benzene rings is 1. The summed E-state index contributed by atoms with van der Waals surface area (Å²) in [5.74, 6) is 0. The highest BCUT2D eigenvalue weighted by Crippen LogP contribution is 2.34. The second-order valence-electron chi connectivity index (χ2n) is 4.72. The number of thiophene rings is 1. The topological polar surface area (TPSA) is 53.0 Å². The lowest BCUT2D eigenvalue weighted by atomic mass is 10.1. The third-order valence-corrected chi connectivity index (χ3v) is 4.88. The number of nitrogens with two attached hydrogens (primary N) is 1. The van der Waals surface area contributed by atoms with E-state index < -0.39 is 0 Å². The van der Waals surface area contributed by atoms with E-state index in [-0.39, 0.29) is 12.1 Å². The van der Waals surface area contributed by atoms with E-state index in [9.17, 15) is 0 Å². The quantitative estimate of drug-likeness (QED) is 0.910. The van der Waals surface area contributed by atoms with Gasteiger partial charge in [-0.2, -0.15) is 5.26 Å². The Balaban J connectivity index is 2.36. The molecule has 0 radical (unpaired) electrons. The largest absolute Gasteiger partial charge is 0.365 e. The van der Waals surface area contributed by atoms with Crippen LogP contribution in [0.4, 0.5) is 5.69 Å². The lowest BCUT2D eigenvalue weighted by molar-refractivity contribution is 0.566.